The van der Waals surface area contributed by atoms with Crippen LogP contribution >= 0.6 is 0 Å². The number of benzene rings is 1. The molecule has 3 aliphatic rings. The van der Waals surface area contributed by atoms with Crippen LogP contribution in [0.15, 0.2) is 30.5 Å². The zero-order valence-corrected chi connectivity index (χ0v) is 19.6. The topological polar surface area (TPSA) is 82.6 Å². The molecule has 1 aromatic carbocycles. The van der Waals surface area contributed by atoms with Gasteiger partial charge in [-0.3, -0.25) is 9.80 Å². The summed E-state index contributed by atoms with van der Waals surface area (Å²) < 4.78 is 5.18. The molecule has 0 bridgehead atoms. The maximum Gasteiger partial charge on any atom is 0.415 e. The van der Waals surface area contributed by atoms with Gasteiger partial charge in [-0.15, -0.1) is 0 Å². The fraction of sp³-hybridized carbons (Fsp3) is 0.560. The highest BCUT2D eigenvalue weighted by Crippen LogP contribution is 2.40. The van der Waals surface area contributed by atoms with Crippen molar-refractivity contribution in [1.82, 2.24) is 20.2 Å². The number of piperazine rings is 1. The number of hydrogen-bond donors (Lipinski definition) is 2. The van der Waals surface area contributed by atoms with Crippen molar-refractivity contribution in [2.75, 3.05) is 42.9 Å². The predicted molar refractivity (Wildman–Crippen MR) is 128 cm³/mol. The maximum absolute atomic E-state index is 12.0. The Bertz CT molecular complexity index is 971. The first-order valence-electron chi connectivity index (χ1n) is 12.2. The van der Waals surface area contributed by atoms with Gasteiger partial charge in [0, 0.05) is 45.0 Å². The van der Waals surface area contributed by atoms with Crippen LogP contribution in [-0.4, -0.2) is 53.7 Å². The lowest BCUT2D eigenvalue weighted by molar-refractivity contribution is 0.141. The average Bonchev–Trinajstić information content (AvgIpc) is 3.67. The van der Waals surface area contributed by atoms with Crippen LogP contribution in [0.2, 0.25) is 0 Å². The van der Waals surface area contributed by atoms with Gasteiger partial charge in [-0.2, -0.15) is 4.98 Å². The monoisotopic (exact) mass is 450 g/mol. The van der Waals surface area contributed by atoms with Crippen molar-refractivity contribution >= 4 is 17.9 Å². The summed E-state index contributed by atoms with van der Waals surface area (Å²) in [5.41, 5.74) is 3.44. The molecule has 1 amide bonds. The number of aromatic nitrogens is 2. The molecule has 33 heavy (non-hydrogen) atoms. The van der Waals surface area contributed by atoms with Gasteiger partial charge in [-0.25, -0.2) is 9.78 Å². The van der Waals surface area contributed by atoms with E-state index in [2.05, 4.69) is 56.7 Å². The normalized spacial score (nSPS) is 20.7. The molecule has 2 N–H and O–H groups in total. The van der Waals surface area contributed by atoms with E-state index in [4.69, 9.17) is 4.74 Å². The molecule has 2 fully saturated rings. The first-order valence-corrected chi connectivity index (χ1v) is 12.2. The lowest BCUT2D eigenvalue weighted by Crippen LogP contribution is -2.45. The van der Waals surface area contributed by atoms with Crippen LogP contribution in [0.25, 0.3) is 0 Å². The number of nitrogens with zero attached hydrogens (tertiary/aromatic N) is 4. The number of rotatable bonds is 8. The second kappa shape index (κ2) is 9.65. The van der Waals surface area contributed by atoms with Crippen molar-refractivity contribution in [3.05, 3.63) is 47.2 Å². The number of carbonyl (C=O) groups excluding carboxylic acids is 1. The molecule has 176 valence electrons. The van der Waals surface area contributed by atoms with Gasteiger partial charge in [-0.05, 0) is 37.3 Å². The minimum atomic E-state index is -0.358. The number of hydrogen-bond acceptors (Lipinski definition) is 7. The molecular weight excluding hydrogens is 416 g/mol. The lowest BCUT2D eigenvalue weighted by atomic mass is 9.96. The highest BCUT2D eigenvalue weighted by atomic mass is 16.6. The number of carbonyl (C=O) groups is 1. The van der Waals surface area contributed by atoms with Crippen LogP contribution in [0.4, 0.5) is 16.6 Å². The molecule has 2 atom stereocenters. The number of ether oxygens (including phenoxy) is 1. The van der Waals surface area contributed by atoms with Crippen molar-refractivity contribution < 1.29 is 9.53 Å². The van der Waals surface area contributed by atoms with E-state index in [0.29, 0.717) is 24.4 Å². The molecule has 8 nitrogen and oxygen atoms in total. The van der Waals surface area contributed by atoms with Crippen molar-refractivity contribution in [2.24, 2.45) is 5.92 Å². The summed E-state index contributed by atoms with van der Waals surface area (Å²) in [5, 5.41) is 6.88. The quantitative estimate of drug-likeness (QED) is 0.632. The summed E-state index contributed by atoms with van der Waals surface area (Å²) in [6, 6.07) is 9.60. The molecule has 1 saturated carbocycles. The molecule has 1 aliphatic carbocycles. The Morgan fingerprint density at radius 1 is 1.18 bits per heavy atom. The van der Waals surface area contributed by atoms with E-state index in [0.717, 1.165) is 37.7 Å². The van der Waals surface area contributed by atoms with E-state index in [9.17, 15) is 4.79 Å². The summed E-state index contributed by atoms with van der Waals surface area (Å²) in [6.07, 6.45) is 5.42. The molecule has 1 saturated heterocycles. The molecule has 8 heteroatoms. The summed E-state index contributed by atoms with van der Waals surface area (Å²) in [5.74, 6) is 2.05. The molecule has 2 aromatic rings. The van der Waals surface area contributed by atoms with Gasteiger partial charge in [-0.1, -0.05) is 37.1 Å². The van der Waals surface area contributed by atoms with Gasteiger partial charge in [0.25, 0.3) is 0 Å². The summed E-state index contributed by atoms with van der Waals surface area (Å²) in [4.78, 5) is 25.3. The minimum absolute atomic E-state index is 0.0452. The largest absolute Gasteiger partial charge is 0.444 e. The van der Waals surface area contributed by atoms with E-state index in [1.807, 2.05) is 6.92 Å². The second-order valence-corrected chi connectivity index (χ2v) is 9.35. The number of nitrogens with one attached hydrogen (secondary N) is 2. The number of anilines is 2. The van der Waals surface area contributed by atoms with E-state index in [-0.39, 0.29) is 18.7 Å². The number of amides is 1. The zero-order chi connectivity index (χ0) is 22.8. The fourth-order valence-corrected chi connectivity index (χ4v) is 4.83. The molecule has 2 unspecified atom stereocenters. The third-order valence-corrected chi connectivity index (χ3v) is 7.00. The fourth-order valence-electron chi connectivity index (χ4n) is 4.83. The molecule has 1 aromatic heterocycles. The van der Waals surface area contributed by atoms with E-state index < -0.39 is 0 Å². The third kappa shape index (κ3) is 4.96. The van der Waals surface area contributed by atoms with Gasteiger partial charge in [0.1, 0.15) is 12.4 Å². The number of fused-ring (bicyclic) bond motifs is 1. The molecule has 5 rings (SSSR count). The smallest absolute Gasteiger partial charge is 0.415 e. The molecule has 0 spiro atoms. The van der Waals surface area contributed by atoms with Crippen LogP contribution in [0, 0.1) is 5.92 Å². The molecular formula is C25H34N6O2. The Labute approximate surface area is 195 Å². The number of cyclic esters (lactones) is 1. The highest BCUT2D eigenvalue weighted by molar-refractivity contribution is 5.89. The van der Waals surface area contributed by atoms with E-state index >= 15 is 0 Å². The van der Waals surface area contributed by atoms with Gasteiger partial charge in [0.15, 0.2) is 0 Å². The Kier molecular flexibility index (Phi) is 6.46. The minimum Gasteiger partial charge on any atom is -0.444 e. The maximum atomic E-state index is 12.0. The van der Waals surface area contributed by atoms with Crippen LogP contribution in [0.5, 0.6) is 0 Å². The van der Waals surface area contributed by atoms with Crippen molar-refractivity contribution in [3.8, 4) is 0 Å². The highest BCUT2D eigenvalue weighted by Gasteiger charge is 2.30. The van der Waals surface area contributed by atoms with Gasteiger partial charge >= 0.3 is 6.09 Å². The Morgan fingerprint density at radius 3 is 2.61 bits per heavy atom. The van der Waals surface area contributed by atoms with Crippen molar-refractivity contribution in [1.29, 1.82) is 0 Å². The molecule has 2 aliphatic heterocycles. The van der Waals surface area contributed by atoms with E-state index in [1.54, 1.807) is 11.1 Å². The van der Waals surface area contributed by atoms with Crippen molar-refractivity contribution in [3.63, 3.8) is 0 Å². The average molecular weight is 451 g/mol. The van der Waals surface area contributed by atoms with Crippen LogP contribution < -0.4 is 15.5 Å². The Hall–Kier alpha value is -2.71. The van der Waals surface area contributed by atoms with Gasteiger partial charge in [0.05, 0.1) is 11.6 Å². The Morgan fingerprint density at radius 2 is 1.91 bits per heavy atom. The third-order valence-electron chi connectivity index (χ3n) is 7.00. The standard InChI is InChI=1S/C25H34N6O2/c1-3-31-23-21(16-33-25(31)32)15-27-24(29-23)28-17(2)19-6-8-20(9-7-19)22(14-18-4-5-18)30-12-10-26-11-13-30/h6-9,15,17-18,22,26H,3-5,10-14,16H2,1-2H3,(H,27,28,29). The predicted octanol–water partition coefficient (Wildman–Crippen LogP) is 3.87. The van der Waals surface area contributed by atoms with Gasteiger partial charge in [0.2, 0.25) is 5.95 Å². The second-order valence-electron chi connectivity index (χ2n) is 9.35. The summed E-state index contributed by atoms with van der Waals surface area (Å²) in [6.45, 7) is 9.15. The Balaban J connectivity index is 1.29. The van der Waals surface area contributed by atoms with Crippen LogP contribution in [0.1, 0.15) is 61.9 Å². The zero-order valence-electron chi connectivity index (χ0n) is 19.6. The SMILES string of the molecule is CCN1C(=O)OCc2cnc(NC(C)c3ccc(C(CC4CC4)N4CCNCC4)cc3)nc21. The molecule has 3 heterocycles. The molecule has 0 radical (unpaired) electrons. The van der Waals surface area contributed by atoms with Crippen LogP contribution in [-0.2, 0) is 11.3 Å². The first-order chi connectivity index (χ1) is 16.1. The van der Waals surface area contributed by atoms with Gasteiger partial charge < -0.3 is 15.4 Å². The van der Waals surface area contributed by atoms with Crippen molar-refractivity contribution in [2.45, 2.75) is 51.8 Å². The lowest BCUT2D eigenvalue weighted by Gasteiger charge is -2.35. The van der Waals surface area contributed by atoms with Crippen LogP contribution in [0.3, 0.4) is 0 Å². The van der Waals surface area contributed by atoms with E-state index in [1.165, 1.54) is 30.4 Å². The summed E-state index contributed by atoms with van der Waals surface area (Å²) in [7, 11) is 0. The summed E-state index contributed by atoms with van der Waals surface area (Å²) >= 11 is 0. The first kappa shape index (κ1) is 22.1.